The smallest absolute Gasteiger partial charge is 0.325 e. The van der Waals surface area contributed by atoms with Gasteiger partial charge in [-0.15, -0.1) is 0 Å². The Bertz CT molecular complexity index is 320. The number of fused-ring (bicyclic) bond motifs is 2. The first-order valence-electron chi connectivity index (χ1n) is 5.15. The van der Waals surface area contributed by atoms with Crippen molar-refractivity contribution in [1.29, 1.82) is 0 Å². The van der Waals surface area contributed by atoms with Gasteiger partial charge >= 0.3 is 7.60 Å². The molecule has 0 amide bonds. The number of methoxy groups -OCH3 is 1. The maximum Gasteiger partial charge on any atom is 0.325 e. The molecule has 0 aromatic heterocycles. The Hall–Kier alpha value is 0.0949. The zero-order chi connectivity index (χ0) is 12.0. The summed E-state index contributed by atoms with van der Waals surface area (Å²) in [4.78, 5) is 9.29. The molecule has 0 saturated carbocycles. The van der Waals surface area contributed by atoms with Crippen LogP contribution in [0, 0.1) is 0 Å². The van der Waals surface area contributed by atoms with Crippen LogP contribution in [0.5, 0.6) is 0 Å². The molecule has 0 spiro atoms. The second kappa shape index (κ2) is 4.08. The Morgan fingerprint density at radius 3 is 2.88 bits per heavy atom. The van der Waals surface area contributed by atoms with Gasteiger partial charge in [-0.1, -0.05) is 0 Å². The van der Waals surface area contributed by atoms with E-state index in [4.69, 9.17) is 18.7 Å². The first-order chi connectivity index (χ1) is 7.38. The Morgan fingerprint density at radius 2 is 2.38 bits per heavy atom. The Balaban J connectivity index is 2.19. The summed E-state index contributed by atoms with van der Waals surface area (Å²) >= 11 is 0. The maximum absolute atomic E-state index is 11.3. The molecule has 2 saturated heterocycles. The maximum atomic E-state index is 11.3. The van der Waals surface area contributed by atoms with Crippen molar-refractivity contribution in [1.82, 2.24) is 0 Å². The van der Waals surface area contributed by atoms with Crippen molar-refractivity contribution in [2.75, 3.05) is 27.0 Å². The highest BCUT2D eigenvalue weighted by Crippen LogP contribution is 2.49. The standard InChI is InChI=1S/C8H16BO6P/c1-12-3-8-4-13-5(7(9)14-8)6(8)15-16(2,10)11/h5-7H,3-4,9H2,1-2H3,(H,10,11)/t5?,6?,7-,8-/m1/s1. The summed E-state index contributed by atoms with van der Waals surface area (Å²) < 4.78 is 32.9. The highest BCUT2D eigenvalue weighted by atomic mass is 31.2. The van der Waals surface area contributed by atoms with Gasteiger partial charge in [-0.2, -0.15) is 0 Å². The number of rotatable bonds is 4. The van der Waals surface area contributed by atoms with Crippen LogP contribution in [0.3, 0.4) is 0 Å². The van der Waals surface area contributed by atoms with Crippen LogP contribution in [0.15, 0.2) is 0 Å². The van der Waals surface area contributed by atoms with E-state index >= 15 is 0 Å². The van der Waals surface area contributed by atoms with E-state index in [0.29, 0.717) is 13.2 Å². The number of hydrogen-bond donors (Lipinski definition) is 1. The number of ether oxygens (including phenoxy) is 3. The monoisotopic (exact) mass is 250 g/mol. The Kier molecular flexibility index (Phi) is 3.20. The quantitative estimate of drug-likeness (QED) is 0.507. The second-order valence-electron chi connectivity index (χ2n) is 4.43. The van der Waals surface area contributed by atoms with Gasteiger partial charge in [0.15, 0.2) is 0 Å². The van der Waals surface area contributed by atoms with Crippen LogP contribution in [-0.4, -0.2) is 63.5 Å². The molecule has 5 atom stereocenters. The van der Waals surface area contributed by atoms with Crippen LogP contribution >= 0.6 is 7.60 Å². The summed E-state index contributed by atoms with van der Waals surface area (Å²) in [5, 5.41) is 0. The minimum atomic E-state index is -3.56. The molecular weight excluding hydrogens is 234 g/mol. The molecule has 16 heavy (non-hydrogen) atoms. The third kappa shape index (κ3) is 2.08. The highest BCUT2D eigenvalue weighted by Gasteiger charge is 2.62. The zero-order valence-electron chi connectivity index (χ0n) is 9.58. The second-order valence-corrected chi connectivity index (χ2v) is 6.24. The van der Waals surface area contributed by atoms with E-state index in [-0.39, 0.29) is 12.1 Å². The summed E-state index contributed by atoms with van der Waals surface area (Å²) in [6, 6.07) is -0.152. The van der Waals surface area contributed by atoms with Crippen molar-refractivity contribution < 1.29 is 28.2 Å². The highest BCUT2D eigenvalue weighted by molar-refractivity contribution is 7.51. The molecule has 3 unspecified atom stereocenters. The van der Waals surface area contributed by atoms with Crippen molar-refractivity contribution in [3.05, 3.63) is 0 Å². The van der Waals surface area contributed by atoms with Gasteiger partial charge < -0.3 is 19.1 Å². The van der Waals surface area contributed by atoms with E-state index in [2.05, 4.69) is 0 Å². The van der Waals surface area contributed by atoms with Crippen molar-refractivity contribution in [3.63, 3.8) is 0 Å². The molecule has 2 aliphatic rings. The average Bonchev–Trinajstić information content (AvgIpc) is 2.54. The molecule has 0 aromatic carbocycles. The van der Waals surface area contributed by atoms with Crippen molar-refractivity contribution >= 4 is 15.4 Å². The summed E-state index contributed by atoms with van der Waals surface area (Å²) in [5.74, 6) is 0. The molecule has 2 aliphatic heterocycles. The molecule has 1 N–H and O–H groups in total. The molecular formula is C8H16BO6P. The van der Waals surface area contributed by atoms with Crippen molar-refractivity contribution in [2.45, 2.75) is 23.8 Å². The zero-order valence-corrected chi connectivity index (χ0v) is 10.5. The SMILES string of the molecule is B[C@@H]1O[C@]2(COC)COC1C2OP(C)(=O)O. The largest absolute Gasteiger partial charge is 0.381 e. The molecule has 92 valence electrons. The molecule has 8 heteroatoms. The Labute approximate surface area is 95.1 Å². The van der Waals surface area contributed by atoms with Gasteiger partial charge in [0.05, 0.1) is 19.2 Å². The third-order valence-corrected chi connectivity index (χ3v) is 3.54. The lowest BCUT2D eigenvalue weighted by Gasteiger charge is -2.30. The predicted octanol–water partition coefficient (Wildman–Crippen LogP) is -1.04. The molecule has 2 rings (SSSR count). The number of hydrogen-bond acceptors (Lipinski definition) is 5. The fraction of sp³-hybridized carbons (Fsp3) is 1.00. The van der Waals surface area contributed by atoms with Gasteiger partial charge in [0.1, 0.15) is 25.7 Å². The van der Waals surface area contributed by atoms with Gasteiger partial charge in [-0.3, -0.25) is 9.09 Å². The molecule has 2 fully saturated rings. The van der Waals surface area contributed by atoms with Crippen LogP contribution < -0.4 is 0 Å². The molecule has 0 aliphatic carbocycles. The van der Waals surface area contributed by atoms with Crippen molar-refractivity contribution in [2.24, 2.45) is 0 Å². The van der Waals surface area contributed by atoms with Crippen LogP contribution in [0.25, 0.3) is 0 Å². The molecule has 0 aromatic rings. The minimum absolute atomic E-state index is 0.152. The summed E-state index contributed by atoms with van der Waals surface area (Å²) in [7, 11) is -0.150. The van der Waals surface area contributed by atoms with E-state index in [9.17, 15) is 9.46 Å². The van der Waals surface area contributed by atoms with E-state index in [0.717, 1.165) is 6.66 Å². The Morgan fingerprint density at radius 1 is 1.69 bits per heavy atom. The average molecular weight is 250 g/mol. The van der Waals surface area contributed by atoms with Crippen molar-refractivity contribution in [3.8, 4) is 0 Å². The van der Waals surface area contributed by atoms with Crippen LogP contribution in [0.1, 0.15) is 0 Å². The lowest BCUT2D eigenvalue weighted by Crippen LogP contribution is -2.45. The van der Waals surface area contributed by atoms with Gasteiger partial charge in [-0.25, -0.2) is 0 Å². The first kappa shape index (κ1) is 12.5. The third-order valence-electron chi connectivity index (χ3n) is 2.92. The van der Waals surface area contributed by atoms with Crippen LogP contribution in [0.2, 0.25) is 0 Å². The van der Waals surface area contributed by atoms with E-state index < -0.39 is 19.3 Å². The van der Waals surface area contributed by atoms with Gasteiger partial charge in [0.2, 0.25) is 0 Å². The predicted molar refractivity (Wildman–Crippen MR) is 58.4 cm³/mol. The summed E-state index contributed by atoms with van der Waals surface area (Å²) in [6.07, 6.45) is -0.834. The van der Waals surface area contributed by atoms with Gasteiger partial charge in [0, 0.05) is 13.8 Å². The van der Waals surface area contributed by atoms with Crippen LogP contribution in [-0.2, 0) is 23.3 Å². The normalized spacial score (nSPS) is 45.8. The summed E-state index contributed by atoms with van der Waals surface area (Å²) in [6.45, 7) is 1.79. The van der Waals surface area contributed by atoms with Crippen LogP contribution in [0.4, 0.5) is 0 Å². The van der Waals surface area contributed by atoms with E-state index in [1.807, 2.05) is 7.85 Å². The fourth-order valence-electron chi connectivity index (χ4n) is 2.40. The molecule has 2 heterocycles. The molecule has 0 radical (unpaired) electrons. The first-order valence-corrected chi connectivity index (χ1v) is 7.17. The summed E-state index contributed by atoms with van der Waals surface area (Å²) in [5.41, 5.74) is -0.743. The lowest BCUT2D eigenvalue weighted by atomic mass is 9.92. The van der Waals surface area contributed by atoms with E-state index in [1.54, 1.807) is 7.11 Å². The van der Waals surface area contributed by atoms with Gasteiger partial charge in [0.25, 0.3) is 0 Å². The topological polar surface area (TPSA) is 74.2 Å². The van der Waals surface area contributed by atoms with E-state index in [1.165, 1.54) is 0 Å². The molecule has 2 bridgehead atoms. The lowest BCUT2D eigenvalue weighted by molar-refractivity contribution is -0.141. The molecule has 6 nitrogen and oxygen atoms in total. The fourth-order valence-corrected chi connectivity index (χ4v) is 3.13. The minimum Gasteiger partial charge on any atom is -0.381 e. The van der Waals surface area contributed by atoms with Gasteiger partial charge in [-0.05, 0) is 0 Å².